The predicted molar refractivity (Wildman–Crippen MR) is 56.7 cm³/mol. The lowest BCUT2D eigenvalue weighted by Crippen LogP contribution is -2.09. The van der Waals surface area contributed by atoms with Crippen LogP contribution in [0.4, 0.5) is 0 Å². The highest BCUT2D eigenvalue weighted by atomic mass is 16.5. The normalized spacial score (nSPS) is 14.0. The van der Waals surface area contributed by atoms with Crippen LogP contribution in [0.3, 0.4) is 0 Å². The summed E-state index contributed by atoms with van der Waals surface area (Å²) in [5, 5.41) is 8.70. The summed E-state index contributed by atoms with van der Waals surface area (Å²) >= 11 is 0. The highest BCUT2D eigenvalue weighted by Gasteiger charge is 2.16. The third-order valence-corrected chi connectivity index (χ3v) is 2.64. The van der Waals surface area contributed by atoms with Crippen LogP contribution in [0.5, 0.6) is 5.88 Å². The van der Waals surface area contributed by atoms with Crippen molar-refractivity contribution in [3.05, 3.63) is 22.9 Å². The molecule has 0 amide bonds. The van der Waals surface area contributed by atoms with Crippen molar-refractivity contribution in [1.29, 1.82) is 0 Å². The van der Waals surface area contributed by atoms with Crippen molar-refractivity contribution in [2.75, 3.05) is 13.2 Å². The van der Waals surface area contributed by atoms with Gasteiger partial charge in [-0.1, -0.05) is 0 Å². The van der Waals surface area contributed by atoms with E-state index in [9.17, 15) is 0 Å². The summed E-state index contributed by atoms with van der Waals surface area (Å²) in [6.45, 7) is 0.711. The zero-order valence-corrected chi connectivity index (χ0v) is 8.70. The molecule has 82 valence electrons. The molecule has 1 aliphatic rings. The lowest BCUT2D eigenvalue weighted by Gasteiger charge is -2.10. The zero-order valence-electron chi connectivity index (χ0n) is 8.70. The summed E-state index contributed by atoms with van der Waals surface area (Å²) in [7, 11) is 0. The molecule has 0 unspecified atom stereocenters. The topological polar surface area (TPSA) is 68.4 Å². The fourth-order valence-electron chi connectivity index (χ4n) is 1.91. The highest BCUT2D eigenvalue weighted by Crippen LogP contribution is 2.26. The quantitative estimate of drug-likeness (QED) is 0.751. The van der Waals surface area contributed by atoms with Crippen molar-refractivity contribution in [2.45, 2.75) is 25.8 Å². The van der Waals surface area contributed by atoms with Crippen LogP contribution in [-0.2, 0) is 19.4 Å². The van der Waals surface area contributed by atoms with Crippen molar-refractivity contribution < 1.29 is 9.84 Å². The smallest absolute Gasteiger partial charge is 0.218 e. The molecule has 0 radical (unpaired) electrons. The van der Waals surface area contributed by atoms with Crippen molar-refractivity contribution >= 4 is 0 Å². The second-order valence-electron chi connectivity index (χ2n) is 3.69. The summed E-state index contributed by atoms with van der Waals surface area (Å²) in [5.41, 5.74) is 8.99. The van der Waals surface area contributed by atoms with Gasteiger partial charge in [-0.25, -0.2) is 4.98 Å². The van der Waals surface area contributed by atoms with E-state index < -0.39 is 0 Å². The van der Waals surface area contributed by atoms with Crippen LogP contribution in [0.25, 0.3) is 0 Å². The Morgan fingerprint density at radius 1 is 1.47 bits per heavy atom. The standard InChI is InChI=1S/C11H16N2O2/c12-7-9-6-8-2-1-3-10(8)13-11(9)15-5-4-14/h6,14H,1-5,7,12H2. The molecule has 0 aliphatic heterocycles. The number of aliphatic hydroxyl groups excluding tert-OH is 1. The van der Waals surface area contributed by atoms with Crippen LogP contribution in [0, 0.1) is 0 Å². The van der Waals surface area contributed by atoms with Crippen molar-refractivity contribution in [1.82, 2.24) is 4.98 Å². The molecule has 3 N–H and O–H groups in total. The second kappa shape index (κ2) is 4.59. The number of pyridine rings is 1. The Kier molecular flexibility index (Phi) is 3.18. The van der Waals surface area contributed by atoms with Crippen LogP contribution in [0.15, 0.2) is 6.07 Å². The van der Waals surface area contributed by atoms with Crippen molar-refractivity contribution in [3.8, 4) is 5.88 Å². The Morgan fingerprint density at radius 2 is 2.33 bits per heavy atom. The molecular formula is C11H16N2O2. The molecule has 0 bridgehead atoms. The molecule has 0 spiro atoms. The number of hydrogen-bond donors (Lipinski definition) is 2. The fraction of sp³-hybridized carbons (Fsp3) is 0.545. The third kappa shape index (κ3) is 2.11. The number of rotatable bonds is 4. The summed E-state index contributed by atoms with van der Waals surface area (Å²) in [4.78, 5) is 4.45. The van der Waals surface area contributed by atoms with Crippen LogP contribution < -0.4 is 10.5 Å². The SMILES string of the molecule is NCc1cc2c(nc1OCCO)CCC2. The number of ether oxygens (including phenoxy) is 1. The lowest BCUT2D eigenvalue weighted by atomic mass is 10.1. The van der Waals surface area contributed by atoms with Gasteiger partial charge in [0.25, 0.3) is 0 Å². The first kappa shape index (κ1) is 10.4. The maximum Gasteiger partial charge on any atom is 0.218 e. The number of nitrogens with zero attached hydrogens (tertiary/aromatic N) is 1. The monoisotopic (exact) mass is 208 g/mol. The lowest BCUT2D eigenvalue weighted by molar-refractivity contribution is 0.195. The van der Waals surface area contributed by atoms with Gasteiger partial charge in [0.15, 0.2) is 0 Å². The highest BCUT2D eigenvalue weighted by molar-refractivity contribution is 5.36. The van der Waals surface area contributed by atoms with Gasteiger partial charge in [0.05, 0.1) is 6.61 Å². The fourth-order valence-corrected chi connectivity index (χ4v) is 1.91. The average molecular weight is 208 g/mol. The largest absolute Gasteiger partial charge is 0.475 e. The van der Waals surface area contributed by atoms with Crippen LogP contribution in [-0.4, -0.2) is 23.3 Å². The molecule has 1 aromatic rings. The van der Waals surface area contributed by atoms with Gasteiger partial charge < -0.3 is 15.6 Å². The number of aliphatic hydroxyl groups is 1. The van der Waals surface area contributed by atoms with Gasteiger partial charge in [0.2, 0.25) is 5.88 Å². The van der Waals surface area contributed by atoms with E-state index in [4.69, 9.17) is 15.6 Å². The summed E-state index contributed by atoms with van der Waals surface area (Å²) in [6, 6.07) is 2.09. The summed E-state index contributed by atoms with van der Waals surface area (Å²) in [6.07, 6.45) is 3.28. The average Bonchev–Trinajstić information content (AvgIpc) is 2.71. The Hall–Kier alpha value is -1.13. The minimum atomic E-state index is 0.00275. The Balaban J connectivity index is 2.27. The molecular weight excluding hydrogens is 192 g/mol. The Morgan fingerprint density at radius 3 is 3.07 bits per heavy atom. The molecule has 1 aliphatic carbocycles. The number of hydrogen-bond acceptors (Lipinski definition) is 4. The van der Waals surface area contributed by atoms with Crippen molar-refractivity contribution in [2.24, 2.45) is 5.73 Å². The molecule has 0 aromatic carbocycles. The van der Waals surface area contributed by atoms with E-state index in [1.165, 1.54) is 5.56 Å². The van der Waals surface area contributed by atoms with Crippen LogP contribution >= 0.6 is 0 Å². The van der Waals surface area contributed by atoms with E-state index in [2.05, 4.69) is 11.1 Å². The molecule has 4 nitrogen and oxygen atoms in total. The minimum absolute atomic E-state index is 0.00275. The maximum absolute atomic E-state index is 8.70. The molecule has 0 atom stereocenters. The maximum atomic E-state index is 8.70. The van der Waals surface area contributed by atoms with Gasteiger partial charge >= 0.3 is 0 Å². The Bertz CT molecular complexity index is 353. The summed E-state index contributed by atoms with van der Waals surface area (Å²) in [5.74, 6) is 0.590. The first-order valence-corrected chi connectivity index (χ1v) is 5.30. The number of aryl methyl sites for hydroxylation is 2. The first-order valence-electron chi connectivity index (χ1n) is 5.30. The van der Waals surface area contributed by atoms with E-state index in [1.54, 1.807) is 0 Å². The Labute approximate surface area is 89.1 Å². The van der Waals surface area contributed by atoms with Gasteiger partial charge in [0.1, 0.15) is 6.61 Å². The van der Waals surface area contributed by atoms with Gasteiger partial charge in [0, 0.05) is 17.8 Å². The molecule has 0 fully saturated rings. The van der Waals surface area contributed by atoms with Gasteiger partial charge in [-0.15, -0.1) is 0 Å². The van der Waals surface area contributed by atoms with E-state index in [-0.39, 0.29) is 13.2 Å². The van der Waals surface area contributed by atoms with E-state index in [0.29, 0.717) is 12.4 Å². The second-order valence-corrected chi connectivity index (χ2v) is 3.69. The number of fused-ring (bicyclic) bond motifs is 1. The number of nitrogens with two attached hydrogens (primary N) is 1. The predicted octanol–water partition coefficient (Wildman–Crippen LogP) is 0.400. The molecule has 0 saturated heterocycles. The van der Waals surface area contributed by atoms with Crippen molar-refractivity contribution in [3.63, 3.8) is 0 Å². The van der Waals surface area contributed by atoms with E-state index >= 15 is 0 Å². The van der Waals surface area contributed by atoms with Gasteiger partial charge in [-0.2, -0.15) is 0 Å². The minimum Gasteiger partial charge on any atom is -0.475 e. The molecule has 15 heavy (non-hydrogen) atoms. The van der Waals surface area contributed by atoms with E-state index in [0.717, 1.165) is 30.5 Å². The molecule has 0 saturated carbocycles. The molecule has 2 rings (SSSR count). The van der Waals surface area contributed by atoms with Crippen LogP contribution in [0.1, 0.15) is 23.2 Å². The first-order chi connectivity index (χ1) is 7.35. The third-order valence-electron chi connectivity index (χ3n) is 2.64. The summed E-state index contributed by atoms with van der Waals surface area (Å²) < 4.78 is 5.36. The van der Waals surface area contributed by atoms with E-state index in [1.807, 2.05) is 0 Å². The zero-order chi connectivity index (χ0) is 10.7. The molecule has 1 heterocycles. The molecule has 1 aromatic heterocycles. The number of aromatic nitrogens is 1. The van der Waals surface area contributed by atoms with Gasteiger partial charge in [-0.3, -0.25) is 0 Å². The van der Waals surface area contributed by atoms with Gasteiger partial charge in [-0.05, 0) is 30.9 Å². The molecule has 4 heteroatoms. The van der Waals surface area contributed by atoms with Crippen LogP contribution in [0.2, 0.25) is 0 Å².